The van der Waals surface area contributed by atoms with Crippen molar-refractivity contribution in [2.45, 2.75) is 70.4 Å². The SMILES string of the molecule is Cc1cc(C(=O)NC2CCC2)ccc1-c1ccc(C[C@H](NC(=O)C2CCC(CNC(=O)O)CC2)C(=O)Nc2ccc(-c3nn[nH]n3)cc2)cc1. The third kappa shape index (κ3) is 8.70. The second-order valence-corrected chi connectivity index (χ2v) is 13.3. The molecule has 0 radical (unpaired) electrons. The highest BCUT2D eigenvalue weighted by Gasteiger charge is 2.30. The number of nitrogens with one attached hydrogen (secondary N) is 5. The van der Waals surface area contributed by atoms with Gasteiger partial charge in [-0.25, -0.2) is 4.79 Å². The molecule has 2 fully saturated rings. The van der Waals surface area contributed by atoms with Gasteiger partial charge in [-0.05, 0) is 122 Å². The number of nitrogens with zero attached hydrogens (tertiary/aromatic N) is 3. The number of carbonyl (C=O) groups is 4. The molecule has 2 saturated carbocycles. The molecule has 13 nitrogen and oxygen atoms in total. The van der Waals surface area contributed by atoms with Crippen molar-refractivity contribution in [3.8, 4) is 22.5 Å². The Morgan fingerprint density at radius 3 is 2.24 bits per heavy atom. The van der Waals surface area contributed by atoms with Gasteiger partial charge in [0, 0.05) is 41.7 Å². The molecule has 2 aliphatic carbocycles. The second-order valence-electron chi connectivity index (χ2n) is 13.3. The maximum atomic E-state index is 13.7. The van der Waals surface area contributed by atoms with Crippen LogP contribution in [0, 0.1) is 18.8 Å². The number of carboxylic acid groups (broad SMARTS) is 1. The minimum atomic E-state index is -1.05. The van der Waals surface area contributed by atoms with Crippen LogP contribution < -0.4 is 21.3 Å². The first-order valence-corrected chi connectivity index (χ1v) is 17.1. The van der Waals surface area contributed by atoms with Gasteiger partial charge in [0.2, 0.25) is 17.6 Å². The highest BCUT2D eigenvalue weighted by Crippen LogP contribution is 2.29. The largest absolute Gasteiger partial charge is 0.465 e. The van der Waals surface area contributed by atoms with Crippen LogP contribution in [-0.4, -0.2) is 68.2 Å². The summed E-state index contributed by atoms with van der Waals surface area (Å²) in [5.41, 5.74) is 5.80. The summed E-state index contributed by atoms with van der Waals surface area (Å²) in [6, 6.07) is 20.1. The van der Waals surface area contributed by atoms with E-state index < -0.39 is 12.1 Å². The Bertz CT molecular complexity index is 1800. The van der Waals surface area contributed by atoms with Gasteiger partial charge in [-0.15, -0.1) is 10.2 Å². The Balaban J connectivity index is 1.13. The summed E-state index contributed by atoms with van der Waals surface area (Å²) in [7, 11) is 0. The number of hydrogen-bond acceptors (Lipinski definition) is 7. The van der Waals surface area contributed by atoms with Crippen molar-refractivity contribution < 1.29 is 24.3 Å². The quantitative estimate of drug-likeness (QED) is 0.122. The summed E-state index contributed by atoms with van der Waals surface area (Å²) >= 11 is 0. The van der Waals surface area contributed by atoms with Gasteiger partial charge in [0.15, 0.2) is 0 Å². The fourth-order valence-electron chi connectivity index (χ4n) is 6.58. The van der Waals surface area contributed by atoms with Crippen LogP contribution in [0.3, 0.4) is 0 Å². The topological polar surface area (TPSA) is 191 Å². The minimum Gasteiger partial charge on any atom is -0.465 e. The summed E-state index contributed by atoms with van der Waals surface area (Å²) < 4.78 is 0. The van der Waals surface area contributed by atoms with E-state index in [9.17, 15) is 19.2 Å². The van der Waals surface area contributed by atoms with E-state index in [-0.39, 0.29) is 42.0 Å². The maximum absolute atomic E-state index is 13.7. The first kappa shape index (κ1) is 34.3. The molecule has 1 heterocycles. The van der Waals surface area contributed by atoms with Crippen molar-refractivity contribution in [3.05, 3.63) is 83.4 Å². The minimum absolute atomic E-state index is 0.0442. The molecule has 4 aromatic rings. The van der Waals surface area contributed by atoms with Crippen molar-refractivity contribution in [3.63, 3.8) is 0 Å². The first-order valence-electron chi connectivity index (χ1n) is 17.1. The molecule has 13 heteroatoms. The lowest BCUT2D eigenvalue weighted by atomic mass is 9.81. The van der Waals surface area contributed by atoms with Crippen LogP contribution in [0.2, 0.25) is 0 Å². The normalized spacial score (nSPS) is 17.9. The zero-order chi connectivity index (χ0) is 35.0. The number of aromatic amines is 1. The maximum Gasteiger partial charge on any atom is 0.404 e. The van der Waals surface area contributed by atoms with Gasteiger partial charge in [0.1, 0.15) is 6.04 Å². The van der Waals surface area contributed by atoms with Gasteiger partial charge in [-0.3, -0.25) is 14.4 Å². The zero-order valence-corrected chi connectivity index (χ0v) is 27.9. The van der Waals surface area contributed by atoms with Gasteiger partial charge in [-0.2, -0.15) is 5.21 Å². The third-order valence-electron chi connectivity index (χ3n) is 9.78. The molecule has 6 N–H and O–H groups in total. The number of carbonyl (C=O) groups excluding carboxylic acids is 3. The summed E-state index contributed by atoms with van der Waals surface area (Å²) in [4.78, 5) is 50.7. The lowest BCUT2D eigenvalue weighted by Crippen LogP contribution is -2.48. The van der Waals surface area contributed by atoms with Crippen molar-refractivity contribution in [2.75, 3.05) is 11.9 Å². The van der Waals surface area contributed by atoms with E-state index in [0.29, 0.717) is 36.5 Å². The smallest absolute Gasteiger partial charge is 0.404 e. The van der Waals surface area contributed by atoms with Crippen molar-refractivity contribution in [1.29, 1.82) is 0 Å². The molecular formula is C37H42N8O5. The summed E-state index contributed by atoms with van der Waals surface area (Å²) in [5.74, 6) is -0.211. The number of rotatable bonds is 12. The number of H-pyrrole nitrogens is 1. The molecule has 0 unspecified atom stereocenters. The summed E-state index contributed by atoms with van der Waals surface area (Å²) in [6.07, 6.45) is 5.16. The monoisotopic (exact) mass is 678 g/mol. The molecule has 0 aliphatic heterocycles. The Hall–Kier alpha value is -5.59. The van der Waals surface area contributed by atoms with Gasteiger partial charge >= 0.3 is 6.09 Å². The molecule has 0 bridgehead atoms. The van der Waals surface area contributed by atoms with E-state index in [1.165, 1.54) is 0 Å². The third-order valence-corrected chi connectivity index (χ3v) is 9.78. The Kier molecular flexibility index (Phi) is 10.8. The standard InChI is InChI=1S/C37H42N8O5/c1-22-19-28(35(47)39-29-3-2-4-29)15-18-31(22)25-9-5-23(6-10-25)20-32(41-34(46)27-11-7-24(8-12-27)21-38-37(49)50)36(48)40-30-16-13-26(14-17-30)33-42-44-45-43-33/h5-6,9-10,13-19,24,27,29,32,38H,2-4,7-8,11-12,20-21H2,1H3,(H,39,47)(H,40,48)(H,41,46)(H,49,50)(H,42,43,44,45)/t24?,27?,32-/m0/s1. The Morgan fingerprint density at radius 2 is 1.62 bits per heavy atom. The summed E-state index contributed by atoms with van der Waals surface area (Å²) in [5, 5.41) is 34.4. The van der Waals surface area contributed by atoms with Crippen LogP contribution in [0.15, 0.2) is 66.7 Å². The number of hydrogen-bond donors (Lipinski definition) is 6. The fraction of sp³-hybridized carbons (Fsp3) is 0.378. The van der Waals surface area contributed by atoms with Gasteiger partial charge < -0.3 is 26.4 Å². The van der Waals surface area contributed by atoms with Crippen LogP contribution in [-0.2, 0) is 16.0 Å². The van der Waals surface area contributed by atoms with Crippen molar-refractivity contribution in [2.24, 2.45) is 11.8 Å². The summed E-state index contributed by atoms with van der Waals surface area (Å²) in [6.45, 7) is 2.36. The van der Waals surface area contributed by atoms with Crippen LogP contribution in [0.1, 0.15) is 66.4 Å². The molecule has 1 atom stereocenters. The van der Waals surface area contributed by atoms with E-state index in [4.69, 9.17) is 5.11 Å². The second kappa shape index (κ2) is 15.7. The fourth-order valence-corrected chi connectivity index (χ4v) is 6.58. The predicted octanol–water partition coefficient (Wildman–Crippen LogP) is 4.86. The number of benzene rings is 3. The molecule has 1 aromatic heterocycles. The average molecular weight is 679 g/mol. The van der Waals surface area contributed by atoms with Crippen molar-refractivity contribution in [1.82, 2.24) is 36.6 Å². The molecule has 3 aromatic carbocycles. The number of anilines is 1. The molecule has 0 saturated heterocycles. The predicted molar refractivity (Wildman–Crippen MR) is 187 cm³/mol. The van der Waals surface area contributed by atoms with Gasteiger partial charge in [-0.1, -0.05) is 30.3 Å². The lowest BCUT2D eigenvalue weighted by molar-refractivity contribution is -0.130. The van der Waals surface area contributed by atoms with E-state index >= 15 is 0 Å². The first-order chi connectivity index (χ1) is 24.2. The Labute approximate surface area is 290 Å². The highest BCUT2D eigenvalue weighted by molar-refractivity contribution is 5.98. The molecule has 0 spiro atoms. The molecule has 260 valence electrons. The number of amides is 4. The van der Waals surface area contributed by atoms with Crippen LogP contribution in [0.5, 0.6) is 0 Å². The average Bonchev–Trinajstić information content (AvgIpc) is 3.65. The lowest BCUT2D eigenvalue weighted by Gasteiger charge is -2.29. The molecular weight excluding hydrogens is 636 g/mol. The van der Waals surface area contributed by atoms with Crippen LogP contribution in [0.4, 0.5) is 10.5 Å². The molecule has 4 amide bonds. The van der Waals surface area contributed by atoms with Crippen LogP contribution in [0.25, 0.3) is 22.5 Å². The molecule has 6 rings (SSSR count). The molecule has 50 heavy (non-hydrogen) atoms. The van der Waals surface area contributed by atoms with Crippen molar-refractivity contribution >= 4 is 29.5 Å². The highest BCUT2D eigenvalue weighted by atomic mass is 16.4. The number of tetrazole rings is 1. The Morgan fingerprint density at radius 1 is 0.900 bits per heavy atom. The molecule has 2 aliphatic rings. The van der Waals surface area contributed by atoms with E-state index in [1.807, 2.05) is 49.4 Å². The van der Waals surface area contributed by atoms with Crippen LogP contribution >= 0.6 is 0 Å². The van der Waals surface area contributed by atoms with E-state index in [1.54, 1.807) is 24.3 Å². The van der Waals surface area contributed by atoms with E-state index in [0.717, 1.165) is 59.9 Å². The van der Waals surface area contributed by atoms with Gasteiger partial charge in [0.05, 0.1) is 0 Å². The van der Waals surface area contributed by atoms with E-state index in [2.05, 4.69) is 41.9 Å². The zero-order valence-electron chi connectivity index (χ0n) is 27.9. The number of aromatic nitrogens is 4. The number of aryl methyl sites for hydroxylation is 1. The van der Waals surface area contributed by atoms with Gasteiger partial charge in [0.25, 0.3) is 5.91 Å².